The largest absolute Gasteiger partial charge is 0.417 e. The molecule has 166 valence electrons. The van der Waals surface area contributed by atoms with E-state index in [9.17, 15) is 17.6 Å². The molecule has 0 unspecified atom stereocenters. The molecule has 0 saturated heterocycles. The van der Waals surface area contributed by atoms with Crippen LogP contribution in [0.1, 0.15) is 12.5 Å². The lowest BCUT2D eigenvalue weighted by Gasteiger charge is -2.15. The number of para-hydroxylation sites is 2. The molecule has 0 radical (unpaired) electrons. The standard InChI is InChI=1S/C25H15F4N.C3H6/c26-17-12-13-22(25(27,28)29)21(15-17)16-6-5-7-18(14-16)30-23-10-3-1-8-19(23)20-9-2-4-11-24(20)30;1-3-2/h1-15H;3H,1H2,2H3. The molecule has 0 N–H and O–H groups in total. The van der Waals surface area contributed by atoms with Gasteiger partial charge in [-0.05, 0) is 60.5 Å². The number of alkyl halides is 3. The minimum Gasteiger partial charge on any atom is -0.309 e. The van der Waals surface area contributed by atoms with Gasteiger partial charge in [0.1, 0.15) is 5.82 Å². The quantitative estimate of drug-likeness (QED) is 0.188. The fourth-order valence-electron chi connectivity index (χ4n) is 4.02. The lowest BCUT2D eigenvalue weighted by atomic mass is 9.98. The molecule has 1 nitrogen and oxygen atoms in total. The summed E-state index contributed by atoms with van der Waals surface area (Å²) in [5.41, 5.74) is 1.88. The molecule has 1 aromatic heterocycles. The Kier molecular flexibility index (Phi) is 6.05. The molecule has 0 aliphatic rings. The maximum Gasteiger partial charge on any atom is 0.417 e. The highest BCUT2D eigenvalue weighted by Gasteiger charge is 2.33. The lowest BCUT2D eigenvalue weighted by molar-refractivity contribution is -0.137. The van der Waals surface area contributed by atoms with Crippen molar-refractivity contribution in [2.45, 2.75) is 13.1 Å². The topological polar surface area (TPSA) is 4.93 Å². The van der Waals surface area contributed by atoms with Crippen LogP contribution in [0.3, 0.4) is 0 Å². The van der Waals surface area contributed by atoms with Crippen molar-refractivity contribution in [3.8, 4) is 16.8 Å². The van der Waals surface area contributed by atoms with Gasteiger partial charge < -0.3 is 4.57 Å². The highest BCUT2D eigenvalue weighted by Crippen LogP contribution is 2.39. The van der Waals surface area contributed by atoms with Crippen LogP contribution in [0.4, 0.5) is 17.6 Å². The van der Waals surface area contributed by atoms with E-state index in [2.05, 4.69) is 6.58 Å². The number of benzene rings is 4. The highest BCUT2D eigenvalue weighted by atomic mass is 19.4. The van der Waals surface area contributed by atoms with Crippen molar-refractivity contribution in [2.75, 3.05) is 0 Å². The first-order chi connectivity index (χ1) is 15.8. The van der Waals surface area contributed by atoms with Gasteiger partial charge in [0.05, 0.1) is 16.6 Å². The number of hydrogen-bond donors (Lipinski definition) is 0. The van der Waals surface area contributed by atoms with E-state index < -0.39 is 17.6 Å². The Morgan fingerprint density at radius 2 is 1.33 bits per heavy atom. The molecule has 4 aromatic carbocycles. The molecule has 0 aliphatic carbocycles. The predicted molar refractivity (Wildman–Crippen MR) is 127 cm³/mol. The Bertz CT molecular complexity index is 1390. The Morgan fingerprint density at radius 3 is 1.91 bits per heavy atom. The second kappa shape index (κ2) is 8.94. The minimum absolute atomic E-state index is 0.176. The van der Waals surface area contributed by atoms with Gasteiger partial charge in [-0.3, -0.25) is 0 Å². The molecule has 0 bridgehead atoms. The molecule has 0 saturated carbocycles. The zero-order chi connectivity index (χ0) is 23.6. The van der Waals surface area contributed by atoms with Crippen molar-refractivity contribution >= 4 is 21.8 Å². The van der Waals surface area contributed by atoms with Crippen LogP contribution in [-0.4, -0.2) is 4.57 Å². The zero-order valence-electron chi connectivity index (χ0n) is 17.9. The average molecular weight is 447 g/mol. The van der Waals surface area contributed by atoms with Gasteiger partial charge in [0.25, 0.3) is 0 Å². The zero-order valence-corrected chi connectivity index (χ0v) is 17.9. The van der Waals surface area contributed by atoms with Crippen LogP contribution in [0.5, 0.6) is 0 Å². The van der Waals surface area contributed by atoms with E-state index in [-0.39, 0.29) is 5.56 Å². The molecular formula is C28H21F4N. The lowest BCUT2D eigenvalue weighted by Crippen LogP contribution is -2.07. The normalized spacial score (nSPS) is 11.3. The second-order valence-electron chi connectivity index (χ2n) is 7.52. The fraction of sp³-hybridized carbons (Fsp3) is 0.0714. The molecule has 5 rings (SSSR count). The number of rotatable bonds is 2. The van der Waals surface area contributed by atoms with E-state index >= 15 is 0 Å². The molecule has 0 atom stereocenters. The van der Waals surface area contributed by atoms with E-state index in [0.717, 1.165) is 40.0 Å². The molecule has 0 fully saturated rings. The average Bonchev–Trinajstić information content (AvgIpc) is 3.13. The van der Waals surface area contributed by atoms with Crippen LogP contribution in [0.25, 0.3) is 38.6 Å². The van der Waals surface area contributed by atoms with E-state index in [4.69, 9.17) is 0 Å². The third-order valence-corrected chi connectivity index (χ3v) is 5.28. The maximum atomic E-state index is 13.8. The van der Waals surface area contributed by atoms with Crippen LogP contribution in [0.2, 0.25) is 0 Å². The third-order valence-electron chi connectivity index (χ3n) is 5.28. The summed E-state index contributed by atoms with van der Waals surface area (Å²) in [6.45, 7) is 5.25. The summed E-state index contributed by atoms with van der Waals surface area (Å²) in [7, 11) is 0. The van der Waals surface area contributed by atoms with Crippen LogP contribution >= 0.6 is 0 Å². The SMILES string of the molecule is C=CC.Fc1ccc(C(F)(F)F)c(-c2cccc(-n3c4ccccc4c4ccccc43)c2)c1. The van der Waals surface area contributed by atoms with Crippen LogP contribution in [0, 0.1) is 5.82 Å². The summed E-state index contributed by atoms with van der Waals surface area (Å²) >= 11 is 0. The molecule has 0 amide bonds. The first-order valence-electron chi connectivity index (χ1n) is 10.4. The molecule has 5 aromatic rings. The predicted octanol–water partition coefficient (Wildman–Crippen LogP) is 8.80. The first-order valence-corrected chi connectivity index (χ1v) is 10.4. The van der Waals surface area contributed by atoms with Gasteiger partial charge in [0.2, 0.25) is 0 Å². The molecule has 0 spiro atoms. The van der Waals surface area contributed by atoms with Crippen molar-refractivity contribution in [1.29, 1.82) is 0 Å². The van der Waals surface area contributed by atoms with Gasteiger partial charge in [0.15, 0.2) is 0 Å². The van der Waals surface area contributed by atoms with E-state index in [1.165, 1.54) is 0 Å². The van der Waals surface area contributed by atoms with Crippen molar-refractivity contribution in [1.82, 2.24) is 4.57 Å². The van der Waals surface area contributed by atoms with E-state index in [0.29, 0.717) is 11.3 Å². The van der Waals surface area contributed by atoms with E-state index in [1.807, 2.05) is 66.1 Å². The first kappa shape index (κ1) is 22.3. The summed E-state index contributed by atoms with van der Waals surface area (Å²) in [5.74, 6) is -0.708. The molecular weight excluding hydrogens is 426 g/mol. The van der Waals surface area contributed by atoms with Gasteiger partial charge in [-0.2, -0.15) is 13.2 Å². The van der Waals surface area contributed by atoms with Crippen molar-refractivity contribution in [3.63, 3.8) is 0 Å². The molecule has 1 heterocycles. The van der Waals surface area contributed by atoms with Crippen LogP contribution in [0.15, 0.2) is 104 Å². The Balaban J connectivity index is 0.000000821. The minimum atomic E-state index is -4.58. The van der Waals surface area contributed by atoms with Crippen LogP contribution in [-0.2, 0) is 6.18 Å². The smallest absolute Gasteiger partial charge is 0.309 e. The van der Waals surface area contributed by atoms with E-state index in [1.54, 1.807) is 24.3 Å². The number of aromatic nitrogens is 1. The third kappa shape index (κ3) is 4.27. The van der Waals surface area contributed by atoms with Crippen molar-refractivity contribution in [3.05, 3.63) is 115 Å². The summed E-state index contributed by atoms with van der Waals surface area (Å²) in [5, 5.41) is 2.11. The van der Waals surface area contributed by atoms with Crippen molar-refractivity contribution < 1.29 is 17.6 Å². The number of halogens is 4. The maximum absolute atomic E-state index is 13.8. The number of fused-ring (bicyclic) bond motifs is 3. The Hall–Kier alpha value is -3.86. The summed E-state index contributed by atoms with van der Waals surface area (Å²) < 4.78 is 56.4. The highest BCUT2D eigenvalue weighted by molar-refractivity contribution is 6.09. The van der Waals surface area contributed by atoms with Gasteiger partial charge in [-0.25, -0.2) is 4.39 Å². The van der Waals surface area contributed by atoms with Crippen LogP contribution < -0.4 is 0 Å². The Labute approximate surface area is 189 Å². The second-order valence-corrected chi connectivity index (χ2v) is 7.52. The molecule has 5 heteroatoms. The van der Waals surface area contributed by atoms with Crippen molar-refractivity contribution in [2.24, 2.45) is 0 Å². The number of allylic oxidation sites excluding steroid dienone is 1. The van der Waals surface area contributed by atoms with Gasteiger partial charge >= 0.3 is 6.18 Å². The summed E-state index contributed by atoms with van der Waals surface area (Å²) in [6, 6.07) is 25.1. The van der Waals surface area contributed by atoms with Gasteiger partial charge in [0, 0.05) is 16.5 Å². The summed E-state index contributed by atoms with van der Waals surface area (Å²) in [4.78, 5) is 0. The fourth-order valence-corrected chi connectivity index (χ4v) is 4.02. The van der Waals surface area contributed by atoms with Gasteiger partial charge in [-0.15, -0.1) is 6.58 Å². The number of nitrogens with zero attached hydrogens (tertiary/aromatic N) is 1. The molecule has 33 heavy (non-hydrogen) atoms. The monoisotopic (exact) mass is 447 g/mol. The summed E-state index contributed by atoms with van der Waals surface area (Å²) in [6.07, 6.45) is -2.83. The van der Waals surface area contributed by atoms with Gasteiger partial charge in [-0.1, -0.05) is 54.6 Å². The Morgan fingerprint density at radius 1 is 0.758 bits per heavy atom. The number of hydrogen-bond acceptors (Lipinski definition) is 0. The molecule has 0 aliphatic heterocycles.